The lowest BCUT2D eigenvalue weighted by molar-refractivity contribution is -0.111. The van der Waals surface area contributed by atoms with Crippen molar-refractivity contribution in [3.8, 4) is 0 Å². The van der Waals surface area contributed by atoms with Crippen molar-refractivity contribution in [3.63, 3.8) is 0 Å². The molecule has 0 atom stereocenters. The summed E-state index contributed by atoms with van der Waals surface area (Å²) < 4.78 is 33.8. The van der Waals surface area contributed by atoms with E-state index in [0.29, 0.717) is 5.69 Å². The Balaban J connectivity index is 1.96. The topological polar surface area (TPSA) is 150 Å². The van der Waals surface area contributed by atoms with Gasteiger partial charge in [-0.15, -0.1) is 0 Å². The van der Waals surface area contributed by atoms with Gasteiger partial charge in [-0.1, -0.05) is 54.0 Å². The van der Waals surface area contributed by atoms with Crippen LogP contribution in [0.4, 0.5) is 16.2 Å². The number of nitrogens with zero attached hydrogens (tertiary/aromatic N) is 1. The fourth-order valence-corrected chi connectivity index (χ4v) is 6.17. The highest BCUT2D eigenvalue weighted by molar-refractivity contribution is 7.90. The first-order valence-corrected chi connectivity index (χ1v) is 13.8. The van der Waals surface area contributed by atoms with Gasteiger partial charge in [-0.05, 0) is 49.4 Å². The molecule has 0 aliphatic rings. The Hall–Kier alpha value is -4.32. The minimum atomic E-state index is -4.43. The van der Waals surface area contributed by atoms with Crippen LogP contribution < -0.4 is 16.4 Å². The Bertz CT molecular complexity index is 1790. The lowest BCUT2D eigenvalue weighted by Gasteiger charge is -2.13. The van der Waals surface area contributed by atoms with Crippen molar-refractivity contribution in [2.75, 3.05) is 17.2 Å². The molecule has 3 aromatic carbocycles. The monoisotopic (exact) mass is 600 g/mol. The van der Waals surface area contributed by atoms with Crippen molar-refractivity contribution in [3.05, 3.63) is 94.6 Å². The molecule has 0 aliphatic heterocycles. The largest absolute Gasteiger partial charge is 0.461 e. The standard InChI is InChI=1S/C27H22Cl2N4O6S/c1-3-39-26(35)24-22(15(2)25(34)31-17-8-7-9-18(14-17)32-27(30)36)23-20(29)12-16(28)13-21(23)33(24)40(37,38)19-10-5-4-6-11-19/h4-14H,2-3H2,1H3,(H,31,34)(H3,30,32,36). The molecule has 0 unspecified atom stereocenters. The lowest BCUT2D eigenvalue weighted by Crippen LogP contribution is -2.22. The molecule has 0 fully saturated rings. The molecule has 13 heteroatoms. The average molecular weight is 601 g/mol. The van der Waals surface area contributed by atoms with Crippen LogP contribution in [0.1, 0.15) is 23.0 Å². The number of hydrogen-bond donors (Lipinski definition) is 3. The van der Waals surface area contributed by atoms with Gasteiger partial charge in [-0.2, -0.15) is 0 Å². The molecule has 0 spiro atoms. The molecule has 0 radical (unpaired) electrons. The Kier molecular flexibility index (Phi) is 8.19. The number of urea groups is 1. The highest BCUT2D eigenvalue weighted by atomic mass is 35.5. The van der Waals surface area contributed by atoms with Gasteiger partial charge in [0.2, 0.25) is 0 Å². The zero-order chi connectivity index (χ0) is 29.2. The predicted octanol–water partition coefficient (Wildman–Crippen LogP) is 5.50. The number of hydrogen-bond acceptors (Lipinski definition) is 6. The molecule has 4 N–H and O–H groups in total. The van der Waals surface area contributed by atoms with E-state index in [1.165, 1.54) is 42.5 Å². The van der Waals surface area contributed by atoms with Crippen LogP contribution in [0, 0.1) is 0 Å². The fourth-order valence-electron chi connectivity index (χ4n) is 4.07. The third-order valence-corrected chi connectivity index (χ3v) is 7.90. The summed E-state index contributed by atoms with van der Waals surface area (Å²) >= 11 is 12.8. The van der Waals surface area contributed by atoms with Crippen LogP contribution in [0.2, 0.25) is 10.0 Å². The summed E-state index contributed by atoms with van der Waals surface area (Å²) in [4.78, 5) is 37.9. The first-order chi connectivity index (χ1) is 18.9. The number of carbonyl (C=O) groups is 3. The first-order valence-electron chi connectivity index (χ1n) is 11.6. The summed E-state index contributed by atoms with van der Waals surface area (Å²) in [7, 11) is -4.43. The number of nitrogens with one attached hydrogen (secondary N) is 2. The summed E-state index contributed by atoms with van der Waals surface area (Å²) in [6.07, 6.45) is 0. The fraction of sp³-hybridized carbons (Fsp3) is 0.0741. The van der Waals surface area contributed by atoms with Gasteiger partial charge in [0.25, 0.3) is 15.9 Å². The van der Waals surface area contributed by atoms with Gasteiger partial charge in [0.15, 0.2) is 5.69 Å². The number of carbonyl (C=O) groups excluding carboxylic acids is 3. The Morgan fingerprint density at radius 3 is 2.25 bits per heavy atom. The smallest absolute Gasteiger partial charge is 0.356 e. The van der Waals surface area contributed by atoms with Crippen LogP contribution in [0.5, 0.6) is 0 Å². The van der Waals surface area contributed by atoms with Crippen LogP contribution >= 0.6 is 23.2 Å². The van der Waals surface area contributed by atoms with Crippen LogP contribution in [0.15, 0.2) is 78.2 Å². The van der Waals surface area contributed by atoms with Crippen molar-refractivity contribution < 1.29 is 27.5 Å². The zero-order valence-corrected chi connectivity index (χ0v) is 23.2. The molecule has 0 saturated carbocycles. The van der Waals surface area contributed by atoms with E-state index in [-0.39, 0.29) is 49.3 Å². The van der Waals surface area contributed by atoms with Crippen molar-refractivity contribution >= 4 is 79.0 Å². The van der Waals surface area contributed by atoms with Gasteiger partial charge < -0.3 is 21.1 Å². The lowest BCUT2D eigenvalue weighted by atomic mass is 10.0. The summed E-state index contributed by atoms with van der Waals surface area (Å²) in [6, 6.07) is 15.4. The third-order valence-electron chi connectivity index (χ3n) is 5.66. The molecular weight excluding hydrogens is 579 g/mol. The van der Waals surface area contributed by atoms with Crippen molar-refractivity contribution in [2.24, 2.45) is 5.73 Å². The van der Waals surface area contributed by atoms with Gasteiger partial charge in [-0.25, -0.2) is 22.0 Å². The summed E-state index contributed by atoms with van der Waals surface area (Å²) in [6.45, 7) is 5.33. The van der Waals surface area contributed by atoms with E-state index >= 15 is 0 Å². The normalized spacial score (nSPS) is 11.2. The number of benzene rings is 3. The van der Waals surface area contributed by atoms with Crippen LogP contribution in [-0.4, -0.2) is 36.9 Å². The minimum Gasteiger partial charge on any atom is -0.461 e. The molecule has 1 heterocycles. The summed E-state index contributed by atoms with van der Waals surface area (Å²) in [5.41, 5.74) is 4.75. The molecule has 0 bridgehead atoms. The van der Waals surface area contributed by atoms with Crippen molar-refractivity contribution in [1.82, 2.24) is 3.97 Å². The predicted molar refractivity (Wildman–Crippen MR) is 154 cm³/mol. The maximum absolute atomic E-state index is 13.9. The molecule has 1 aromatic heterocycles. The SMILES string of the molecule is C=C(C(=O)Nc1cccc(NC(N)=O)c1)c1c(C(=O)OCC)n(S(=O)(=O)c2ccccc2)c2cc(Cl)cc(Cl)c12. The second-order valence-corrected chi connectivity index (χ2v) is 10.9. The van der Waals surface area contributed by atoms with Crippen molar-refractivity contribution in [2.45, 2.75) is 11.8 Å². The van der Waals surface area contributed by atoms with Gasteiger partial charge in [0.05, 0.1) is 22.0 Å². The number of anilines is 2. The number of halogens is 2. The van der Waals surface area contributed by atoms with Crippen LogP contribution in [0.3, 0.4) is 0 Å². The number of fused-ring (bicyclic) bond motifs is 1. The van der Waals surface area contributed by atoms with E-state index in [1.54, 1.807) is 31.2 Å². The molecule has 40 heavy (non-hydrogen) atoms. The molecule has 10 nitrogen and oxygen atoms in total. The highest BCUT2D eigenvalue weighted by Crippen LogP contribution is 2.40. The number of ether oxygens (including phenoxy) is 1. The van der Waals surface area contributed by atoms with Crippen molar-refractivity contribution in [1.29, 1.82) is 0 Å². The van der Waals surface area contributed by atoms with E-state index in [9.17, 15) is 22.8 Å². The van der Waals surface area contributed by atoms with E-state index in [4.69, 9.17) is 33.7 Å². The maximum Gasteiger partial charge on any atom is 0.356 e. The third kappa shape index (κ3) is 5.53. The van der Waals surface area contributed by atoms with Gasteiger partial charge >= 0.3 is 12.0 Å². The van der Waals surface area contributed by atoms with Crippen LogP contribution in [-0.2, 0) is 19.6 Å². The first kappa shape index (κ1) is 28.7. The van der Waals surface area contributed by atoms with E-state index in [0.717, 1.165) is 3.97 Å². The average Bonchev–Trinajstić information content (AvgIpc) is 3.25. The van der Waals surface area contributed by atoms with Gasteiger partial charge in [0, 0.05) is 32.9 Å². The molecule has 4 aromatic rings. The van der Waals surface area contributed by atoms with Gasteiger partial charge in [-0.3, -0.25) is 4.79 Å². The highest BCUT2D eigenvalue weighted by Gasteiger charge is 2.35. The quantitative estimate of drug-likeness (QED) is 0.179. The number of esters is 1. The van der Waals surface area contributed by atoms with E-state index in [1.807, 2.05) is 0 Å². The van der Waals surface area contributed by atoms with E-state index < -0.39 is 33.6 Å². The molecular formula is C27H22Cl2N4O6S. The maximum atomic E-state index is 13.9. The van der Waals surface area contributed by atoms with Crippen LogP contribution in [0.25, 0.3) is 16.5 Å². The number of aromatic nitrogens is 1. The second-order valence-electron chi connectivity index (χ2n) is 8.31. The molecule has 206 valence electrons. The Morgan fingerprint density at radius 1 is 0.975 bits per heavy atom. The van der Waals surface area contributed by atoms with Gasteiger partial charge in [0.1, 0.15) is 0 Å². The molecule has 0 aliphatic carbocycles. The molecule has 0 saturated heterocycles. The summed E-state index contributed by atoms with van der Waals surface area (Å²) in [5, 5.41) is 5.14. The zero-order valence-electron chi connectivity index (χ0n) is 20.9. The number of rotatable bonds is 8. The molecule has 3 amide bonds. The minimum absolute atomic E-state index is 0.0216. The molecule has 4 rings (SSSR count). The van der Waals surface area contributed by atoms with E-state index in [2.05, 4.69) is 17.2 Å². The number of primary amides is 1. The number of amides is 3. The number of nitrogens with two attached hydrogens (primary N) is 1. The summed E-state index contributed by atoms with van der Waals surface area (Å²) in [5.74, 6) is -1.81. The Labute approximate surface area is 239 Å². The Morgan fingerprint density at radius 2 is 1.62 bits per heavy atom. The second kappa shape index (κ2) is 11.4.